The van der Waals surface area contributed by atoms with Crippen molar-refractivity contribution in [1.82, 2.24) is 10.2 Å². The van der Waals surface area contributed by atoms with E-state index in [4.69, 9.17) is 0 Å². The Hall–Kier alpha value is -0.0800. The Labute approximate surface area is 120 Å². The minimum Gasteiger partial charge on any atom is -0.312 e. The highest BCUT2D eigenvalue weighted by Gasteiger charge is 2.38. The van der Waals surface area contributed by atoms with Crippen molar-refractivity contribution in [3.05, 3.63) is 0 Å². The number of hydrogen-bond donors (Lipinski definition) is 1. The molecule has 0 spiro atoms. The first-order valence-corrected chi connectivity index (χ1v) is 8.35. The van der Waals surface area contributed by atoms with Crippen LogP contribution in [0.4, 0.5) is 0 Å². The Kier molecular flexibility index (Phi) is 4.94. The molecule has 2 saturated carbocycles. The average Bonchev–Trinajstić information content (AvgIpc) is 2.26. The SMILES string of the molecule is CC1CCCCC1N(C)C1CCC1CNC(C)(C)C. The summed E-state index contributed by atoms with van der Waals surface area (Å²) >= 11 is 0. The van der Waals surface area contributed by atoms with Gasteiger partial charge in [-0.1, -0.05) is 19.8 Å². The molecule has 2 aliphatic carbocycles. The van der Waals surface area contributed by atoms with Gasteiger partial charge in [0.05, 0.1) is 0 Å². The van der Waals surface area contributed by atoms with Crippen molar-refractivity contribution in [1.29, 1.82) is 0 Å². The standard InChI is InChI=1S/C17H34N2/c1-13-8-6-7-9-15(13)19(5)16-11-10-14(16)12-18-17(2,3)4/h13-16,18H,6-12H2,1-5H3. The fraction of sp³-hybridized carbons (Fsp3) is 1.00. The minimum absolute atomic E-state index is 0.261. The molecule has 0 heterocycles. The molecule has 2 aliphatic rings. The highest BCUT2D eigenvalue weighted by atomic mass is 15.2. The summed E-state index contributed by atoms with van der Waals surface area (Å²) in [5.41, 5.74) is 0.261. The van der Waals surface area contributed by atoms with Crippen molar-refractivity contribution in [2.45, 2.75) is 83.8 Å². The van der Waals surface area contributed by atoms with Gasteiger partial charge in [0.15, 0.2) is 0 Å². The Morgan fingerprint density at radius 1 is 1.00 bits per heavy atom. The fourth-order valence-electron chi connectivity index (χ4n) is 3.91. The first kappa shape index (κ1) is 15.3. The van der Waals surface area contributed by atoms with Gasteiger partial charge in [-0.05, 0) is 71.9 Å². The van der Waals surface area contributed by atoms with Crippen molar-refractivity contribution in [3.63, 3.8) is 0 Å². The highest BCUT2D eigenvalue weighted by molar-refractivity contribution is 4.94. The summed E-state index contributed by atoms with van der Waals surface area (Å²) in [7, 11) is 2.39. The topological polar surface area (TPSA) is 15.3 Å². The summed E-state index contributed by atoms with van der Waals surface area (Å²) in [4.78, 5) is 2.74. The first-order chi connectivity index (χ1) is 8.88. The maximum absolute atomic E-state index is 3.70. The van der Waals surface area contributed by atoms with Crippen LogP contribution in [-0.4, -0.2) is 36.1 Å². The lowest BCUT2D eigenvalue weighted by atomic mass is 9.75. The third kappa shape index (κ3) is 3.95. The van der Waals surface area contributed by atoms with E-state index >= 15 is 0 Å². The maximum Gasteiger partial charge on any atom is 0.0136 e. The van der Waals surface area contributed by atoms with Crippen LogP contribution in [0.5, 0.6) is 0 Å². The van der Waals surface area contributed by atoms with Gasteiger partial charge in [-0.25, -0.2) is 0 Å². The zero-order valence-electron chi connectivity index (χ0n) is 13.7. The zero-order valence-corrected chi connectivity index (χ0v) is 13.7. The van der Waals surface area contributed by atoms with E-state index in [1.807, 2.05) is 0 Å². The van der Waals surface area contributed by atoms with Crippen LogP contribution < -0.4 is 5.32 Å². The van der Waals surface area contributed by atoms with E-state index < -0.39 is 0 Å². The van der Waals surface area contributed by atoms with Crippen LogP contribution in [0.2, 0.25) is 0 Å². The third-order valence-electron chi connectivity index (χ3n) is 5.38. The predicted molar refractivity (Wildman–Crippen MR) is 83.5 cm³/mol. The minimum atomic E-state index is 0.261. The molecular formula is C17H34N2. The van der Waals surface area contributed by atoms with Crippen LogP contribution in [0.15, 0.2) is 0 Å². The molecule has 2 heteroatoms. The summed E-state index contributed by atoms with van der Waals surface area (Å²) in [6.07, 6.45) is 8.58. The molecule has 4 atom stereocenters. The lowest BCUT2D eigenvalue weighted by Gasteiger charge is -2.49. The third-order valence-corrected chi connectivity index (χ3v) is 5.38. The molecule has 0 aliphatic heterocycles. The summed E-state index contributed by atoms with van der Waals surface area (Å²) in [6.45, 7) is 10.5. The summed E-state index contributed by atoms with van der Waals surface area (Å²) < 4.78 is 0. The Bertz CT molecular complexity index is 281. The smallest absolute Gasteiger partial charge is 0.0136 e. The van der Waals surface area contributed by atoms with Crippen molar-refractivity contribution < 1.29 is 0 Å². The van der Waals surface area contributed by atoms with Crippen LogP contribution in [0.25, 0.3) is 0 Å². The van der Waals surface area contributed by atoms with E-state index in [9.17, 15) is 0 Å². The molecule has 0 aromatic rings. The van der Waals surface area contributed by atoms with Crippen molar-refractivity contribution in [2.75, 3.05) is 13.6 Å². The summed E-state index contributed by atoms with van der Waals surface area (Å²) in [5.74, 6) is 1.77. The molecule has 19 heavy (non-hydrogen) atoms. The second-order valence-electron chi connectivity index (χ2n) is 8.03. The van der Waals surface area contributed by atoms with Crippen LogP contribution in [-0.2, 0) is 0 Å². The van der Waals surface area contributed by atoms with E-state index in [-0.39, 0.29) is 5.54 Å². The largest absolute Gasteiger partial charge is 0.312 e. The first-order valence-electron chi connectivity index (χ1n) is 8.35. The predicted octanol–water partition coefficient (Wildman–Crippen LogP) is 3.66. The van der Waals surface area contributed by atoms with Crippen LogP contribution in [0, 0.1) is 11.8 Å². The Morgan fingerprint density at radius 3 is 2.21 bits per heavy atom. The van der Waals surface area contributed by atoms with Gasteiger partial charge in [-0.2, -0.15) is 0 Å². The number of nitrogens with zero attached hydrogens (tertiary/aromatic N) is 1. The Balaban J connectivity index is 1.83. The van der Waals surface area contributed by atoms with Gasteiger partial charge < -0.3 is 5.32 Å². The molecule has 1 N–H and O–H groups in total. The molecule has 0 bridgehead atoms. The van der Waals surface area contributed by atoms with Gasteiger partial charge >= 0.3 is 0 Å². The van der Waals surface area contributed by atoms with E-state index in [1.165, 1.54) is 45.1 Å². The molecular weight excluding hydrogens is 232 g/mol. The molecule has 0 aromatic carbocycles. The number of rotatable bonds is 4. The quantitative estimate of drug-likeness (QED) is 0.835. The van der Waals surface area contributed by atoms with Gasteiger partial charge in [0.1, 0.15) is 0 Å². The second-order valence-corrected chi connectivity index (χ2v) is 8.03. The molecule has 2 rings (SSSR count). The molecule has 2 nitrogen and oxygen atoms in total. The summed E-state index contributed by atoms with van der Waals surface area (Å²) in [6, 6.07) is 1.68. The molecule has 4 unspecified atom stereocenters. The molecule has 0 saturated heterocycles. The fourth-order valence-corrected chi connectivity index (χ4v) is 3.91. The molecule has 0 aromatic heterocycles. The maximum atomic E-state index is 3.70. The van der Waals surface area contributed by atoms with Crippen LogP contribution >= 0.6 is 0 Å². The lowest BCUT2D eigenvalue weighted by Crippen LogP contribution is -2.55. The monoisotopic (exact) mass is 266 g/mol. The van der Waals surface area contributed by atoms with E-state index in [0.717, 1.165) is 23.9 Å². The van der Waals surface area contributed by atoms with Gasteiger partial charge in [-0.3, -0.25) is 4.90 Å². The summed E-state index contributed by atoms with van der Waals surface area (Å²) in [5, 5.41) is 3.70. The molecule has 112 valence electrons. The van der Waals surface area contributed by atoms with Crippen LogP contribution in [0.1, 0.15) is 66.2 Å². The molecule has 2 fully saturated rings. The van der Waals surface area contributed by atoms with Gasteiger partial charge in [0, 0.05) is 17.6 Å². The number of nitrogens with one attached hydrogen (secondary N) is 1. The van der Waals surface area contributed by atoms with Gasteiger partial charge in [0.25, 0.3) is 0 Å². The molecule has 0 amide bonds. The van der Waals surface area contributed by atoms with Crippen molar-refractivity contribution >= 4 is 0 Å². The average molecular weight is 266 g/mol. The van der Waals surface area contributed by atoms with Crippen LogP contribution in [0.3, 0.4) is 0 Å². The van der Waals surface area contributed by atoms with Gasteiger partial charge in [-0.15, -0.1) is 0 Å². The second kappa shape index (κ2) is 6.13. The highest BCUT2D eigenvalue weighted by Crippen LogP contribution is 2.37. The Morgan fingerprint density at radius 2 is 1.68 bits per heavy atom. The van der Waals surface area contributed by atoms with Crippen molar-refractivity contribution in [2.24, 2.45) is 11.8 Å². The van der Waals surface area contributed by atoms with Crippen molar-refractivity contribution in [3.8, 4) is 0 Å². The lowest BCUT2D eigenvalue weighted by molar-refractivity contribution is 0.0144. The van der Waals surface area contributed by atoms with E-state index in [1.54, 1.807) is 0 Å². The van der Waals surface area contributed by atoms with Gasteiger partial charge in [0.2, 0.25) is 0 Å². The normalized spacial score (nSPS) is 36.3. The van der Waals surface area contributed by atoms with E-state index in [0.29, 0.717) is 0 Å². The van der Waals surface area contributed by atoms with E-state index in [2.05, 4.69) is 45.0 Å². The molecule has 0 radical (unpaired) electrons. The number of hydrogen-bond acceptors (Lipinski definition) is 2. The zero-order chi connectivity index (χ0) is 14.0.